The second kappa shape index (κ2) is 4.78. The van der Waals surface area contributed by atoms with Crippen molar-refractivity contribution in [2.24, 2.45) is 0 Å². The number of hydrogen-bond acceptors (Lipinski definition) is 1. The molecule has 3 aromatic rings. The zero-order chi connectivity index (χ0) is 14.2. The maximum atomic E-state index is 6.08. The van der Waals surface area contributed by atoms with E-state index in [-0.39, 0.29) is 5.92 Å². The van der Waals surface area contributed by atoms with Crippen molar-refractivity contribution >= 4 is 0 Å². The van der Waals surface area contributed by atoms with E-state index < -0.39 is 0 Å². The molecule has 1 atom stereocenters. The molecule has 21 heavy (non-hydrogen) atoms. The molecule has 0 spiro atoms. The van der Waals surface area contributed by atoms with Crippen molar-refractivity contribution in [2.45, 2.75) is 12.8 Å². The highest BCUT2D eigenvalue weighted by atomic mass is 16.5. The number of para-hydroxylation sites is 1. The van der Waals surface area contributed by atoms with Crippen molar-refractivity contribution in [2.75, 3.05) is 0 Å². The molecule has 1 aliphatic rings. The molecular formula is C20H16O. The molecular weight excluding hydrogens is 256 g/mol. The van der Waals surface area contributed by atoms with E-state index >= 15 is 0 Å². The van der Waals surface area contributed by atoms with E-state index in [0.717, 1.165) is 11.5 Å². The standard InChI is InChI=1S/C20H16O/c1-14-11-12-19-17(13-14)20(15-7-3-2-4-8-15)16-9-5-6-10-18(16)21-19/h2-13,20H,1H3. The summed E-state index contributed by atoms with van der Waals surface area (Å²) in [7, 11) is 0. The van der Waals surface area contributed by atoms with Gasteiger partial charge in [0.05, 0.1) is 0 Å². The number of aryl methyl sites for hydroxylation is 1. The minimum absolute atomic E-state index is 0.242. The van der Waals surface area contributed by atoms with Crippen LogP contribution >= 0.6 is 0 Å². The molecule has 1 aliphatic heterocycles. The van der Waals surface area contributed by atoms with Crippen molar-refractivity contribution in [1.29, 1.82) is 0 Å². The lowest BCUT2D eigenvalue weighted by atomic mass is 9.82. The van der Waals surface area contributed by atoms with Crippen molar-refractivity contribution in [3.8, 4) is 11.5 Å². The number of hydrogen-bond donors (Lipinski definition) is 0. The summed E-state index contributed by atoms with van der Waals surface area (Å²) in [5.74, 6) is 2.17. The Morgan fingerprint density at radius 1 is 0.714 bits per heavy atom. The number of fused-ring (bicyclic) bond motifs is 2. The van der Waals surface area contributed by atoms with Gasteiger partial charge in [0.2, 0.25) is 0 Å². The topological polar surface area (TPSA) is 9.23 Å². The van der Waals surface area contributed by atoms with Crippen molar-refractivity contribution in [3.05, 3.63) is 95.1 Å². The van der Waals surface area contributed by atoms with E-state index in [1.165, 1.54) is 22.3 Å². The van der Waals surface area contributed by atoms with Gasteiger partial charge in [0, 0.05) is 17.0 Å². The highest BCUT2D eigenvalue weighted by Crippen LogP contribution is 2.47. The monoisotopic (exact) mass is 272 g/mol. The van der Waals surface area contributed by atoms with Gasteiger partial charge in [-0.15, -0.1) is 0 Å². The Hall–Kier alpha value is -2.54. The molecule has 1 heterocycles. The van der Waals surface area contributed by atoms with Crippen LogP contribution in [0, 0.1) is 6.92 Å². The lowest BCUT2D eigenvalue weighted by Gasteiger charge is -2.29. The van der Waals surface area contributed by atoms with Gasteiger partial charge in [-0.3, -0.25) is 0 Å². The smallest absolute Gasteiger partial charge is 0.131 e. The van der Waals surface area contributed by atoms with Crippen LogP contribution < -0.4 is 4.74 Å². The van der Waals surface area contributed by atoms with Crippen LogP contribution in [0.25, 0.3) is 0 Å². The van der Waals surface area contributed by atoms with Gasteiger partial charge in [0.25, 0.3) is 0 Å². The molecule has 102 valence electrons. The summed E-state index contributed by atoms with van der Waals surface area (Å²) in [5, 5.41) is 0. The van der Waals surface area contributed by atoms with Crippen molar-refractivity contribution in [1.82, 2.24) is 0 Å². The fraction of sp³-hybridized carbons (Fsp3) is 0.100. The maximum absolute atomic E-state index is 6.08. The normalized spacial score (nSPS) is 15.8. The largest absolute Gasteiger partial charge is 0.457 e. The third-order valence-corrected chi connectivity index (χ3v) is 4.06. The Morgan fingerprint density at radius 3 is 2.29 bits per heavy atom. The quantitative estimate of drug-likeness (QED) is 0.458. The summed E-state index contributed by atoms with van der Waals surface area (Å²) in [6, 6.07) is 25.4. The van der Waals surface area contributed by atoms with Crippen LogP contribution in [-0.2, 0) is 0 Å². The molecule has 0 saturated carbocycles. The van der Waals surface area contributed by atoms with Crippen LogP contribution in [0.2, 0.25) is 0 Å². The highest BCUT2D eigenvalue weighted by molar-refractivity contribution is 5.58. The predicted octanol–water partition coefficient (Wildman–Crippen LogP) is 5.28. The minimum Gasteiger partial charge on any atom is -0.457 e. The van der Waals surface area contributed by atoms with Crippen LogP contribution in [0.1, 0.15) is 28.2 Å². The van der Waals surface area contributed by atoms with E-state index in [1.807, 2.05) is 12.1 Å². The zero-order valence-electron chi connectivity index (χ0n) is 11.9. The van der Waals surface area contributed by atoms with E-state index in [4.69, 9.17) is 4.74 Å². The van der Waals surface area contributed by atoms with Gasteiger partial charge in [-0.2, -0.15) is 0 Å². The Labute approximate surface area is 124 Å². The van der Waals surface area contributed by atoms with Crippen molar-refractivity contribution in [3.63, 3.8) is 0 Å². The van der Waals surface area contributed by atoms with E-state index in [9.17, 15) is 0 Å². The SMILES string of the molecule is Cc1ccc2c(c1)C(c1ccccc1)c1ccccc1O2. The molecule has 0 radical (unpaired) electrons. The molecule has 0 aliphatic carbocycles. The maximum Gasteiger partial charge on any atom is 0.131 e. The average molecular weight is 272 g/mol. The molecule has 1 unspecified atom stereocenters. The fourth-order valence-corrected chi connectivity index (χ4v) is 3.09. The first-order chi connectivity index (χ1) is 10.3. The molecule has 0 bridgehead atoms. The van der Waals surface area contributed by atoms with Gasteiger partial charge >= 0.3 is 0 Å². The van der Waals surface area contributed by atoms with Gasteiger partial charge in [-0.1, -0.05) is 66.2 Å². The molecule has 0 amide bonds. The van der Waals surface area contributed by atoms with Gasteiger partial charge < -0.3 is 4.74 Å². The summed E-state index contributed by atoms with van der Waals surface area (Å²) in [6.07, 6.45) is 0. The third-order valence-electron chi connectivity index (χ3n) is 4.06. The predicted molar refractivity (Wildman–Crippen MR) is 85.1 cm³/mol. The fourth-order valence-electron chi connectivity index (χ4n) is 3.09. The van der Waals surface area contributed by atoms with Crippen molar-refractivity contribution < 1.29 is 4.74 Å². The van der Waals surface area contributed by atoms with Crippen LogP contribution in [0.5, 0.6) is 11.5 Å². The molecule has 0 N–H and O–H groups in total. The highest BCUT2D eigenvalue weighted by Gasteiger charge is 2.28. The van der Waals surface area contributed by atoms with Gasteiger partial charge in [-0.25, -0.2) is 0 Å². The second-order valence-electron chi connectivity index (χ2n) is 5.52. The minimum atomic E-state index is 0.242. The molecule has 4 rings (SSSR count). The molecule has 0 fully saturated rings. The van der Waals surface area contributed by atoms with Crippen LogP contribution in [-0.4, -0.2) is 0 Å². The first-order valence-corrected chi connectivity index (χ1v) is 7.25. The van der Waals surface area contributed by atoms with E-state index in [0.29, 0.717) is 0 Å². The lowest BCUT2D eigenvalue weighted by Crippen LogP contribution is -2.11. The molecule has 0 aromatic heterocycles. The molecule has 3 aromatic carbocycles. The first kappa shape index (κ1) is 12.2. The molecule has 0 saturated heterocycles. The van der Waals surface area contributed by atoms with Gasteiger partial charge in [0.15, 0.2) is 0 Å². The summed E-state index contributed by atoms with van der Waals surface area (Å²) < 4.78 is 6.08. The second-order valence-corrected chi connectivity index (χ2v) is 5.52. The molecule has 1 heteroatoms. The molecule has 1 nitrogen and oxygen atoms in total. The summed E-state index contributed by atoms with van der Waals surface area (Å²) in [6.45, 7) is 2.13. The number of ether oxygens (including phenoxy) is 1. The summed E-state index contributed by atoms with van der Waals surface area (Å²) in [5.41, 5.74) is 5.06. The lowest BCUT2D eigenvalue weighted by molar-refractivity contribution is 0.452. The van der Waals surface area contributed by atoms with Crippen LogP contribution in [0.15, 0.2) is 72.8 Å². The number of rotatable bonds is 1. The first-order valence-electron chi connectivity index (χ1n) is 7.25. The Kier molecular flexibility index (Phi) is 2.78. The van der Waals surface area contributed by atoms with E-state index in [2.05, 4.69) is 67.6 Å². The summed E-state index contributed by atoms with van der Waals surface area (Å²) in [4.78, 5) is 0. The van der Waals surface area contributed by atoms with Crippen LogP contribution in [0.3, 0.4) is 0 Å². The number of benzene rings is 3. The van der Waals surface area contributed by atoms with E-state index in [1.54, 1.807) is 0 Å². The third kappa shape index (κ3) is 2.02. The Morgan fingerprint density at radius 2 is 1.43 bits per heavy atom. The summed E-state index contributed by atoms with van der Waals surface area (Å²) >= 11 is 0. The van der Waals surface area contributed by atoms with Gasteiger partial charge in [-0.05, 0) is 24.6 Å². The average Bonchev–Trinajstić information content (AvgIpc) is 2.53. The Balaban J connectivity index is 1.98. The van der Waals surface area contributed by atoms with Gasteiger partial charge in [0.1, 0.15) is 11.5 Å². The Bertz CT molecular complexity index is 790. The zero-order valence-corrected chi connectivity index (χ0v) is 11.9. The van der Waals surface area contributed by atoms with Crippen LogP contribution in [0.4, 0.5) is 0 Å².